The van der Waals surface area contributed by atoms with E-state index >= 15 is 0 Å². The maximum atomic E-state index is 13.3. The van der Waals surface area contributed by atoms with Gasteiger partial charge in [0.1, 0.15) is 11.6 Å². The number of nitrogens with one attached hydrogen (secondary N) is 1. The van der Waals surface area contributed by atoms with Crippen molar-refractivity contribution in [2.45, 2.75) is 39.2 Å². The number of fused-ring (bicyclic) bond motifs is 3. The first kappa shape index (κ1) is 16.8. The highest BCUT2D eigenvalue weighted by Gasteiger charge is 2.30. The highest BCUT2D eigenvalue weighted by Crippen LogP contribution is 2.32. The Morgan fingerprint density at radius 2 is 2.00 bits per heavy atom. The molecule has 6 nitrogen and oxygen atoms in total. The standard InChI is InChI=1S/C20H24N4O2/c1-3-16(20(26)23-10-8-13(2)9-11-23)24-17-7-5-4-6-14(17)15-12-21-22-19(25)18(15)24/h4-7,12-13,16H,3,8-11H2,1-2H3,(H,22,25). The van der Waals surface area contributed by atoms with Gasteiger partial charge in [-0.25, -0.2) is 5.10 Å². The number of piperidine rings is 1. The summed E-state index contributed by atoms with van der Waals surface area (Å²) < 4.78 is 1.92. The Bertz CT molecular complexity index is 1010. The lowest BCUT2D eigenvalue weighted by Gasteiger charge is -2.33. The van der Waals surface area contributed by atoms with Crippen molar-refractivity contribution in [2.75, 3.05) is 13.1 Å². The zero-order valence-electron chi connectivity index (χ0n) is 15.2. The first-order valence-electron chi connectivity index (χ1n) is 9.37. The van der Waals surface area contributed by atoms with Crippen LogP contribution in [0.25, 0.3) is 21.8 Å². The fourth-order valence-corrected chi connectivity index (χ4v) is 4.09. The summed E-state index contributed by atoms with van der Waals surface area (Å²) in [6, 6.07) is 7.47. The minimum Gasteiger partial charge on any atom is -0.341 e. The molecule has 1 atom stereocenters. The van der Waals surface area contributed by atoms with Gasteiger partial charge >= 0.3 is 0 Å². The number of benzene rings is 1. The van der Waals surface area contributed by atoms with Gasteiger partial charge in [-0.3, -0.25) is 9.59 Å². The number of carbonyl (C=O) groups is 1. The fraction of sp³-hybridized carbons (Fsp3) is 0.450. The van der Waals surface area contributed by atoms with Crippen molar-refractivity contribution in [1.29, 1.82) is 0 Å². The van der Waals surface area contributed by atoms with Gasteiger partial charge in [0, 0.05) is 23.9 Å². The van der Waals surface area contributed by atoms with Crippen molar-refractivity contribution < 1.29 is 4.79 Å². The molecule has 3 aromatic rings. The topological polar surface area (TPSA) is 71.0 Å². The van der Waals surface area contributed by atoms with Crippen molar-refractivity contribution in [3.05, 3.63) is 40.8 Å². The largest absolute Gasteiger partial charge is 0.341 e. The van der Waals surface area contributed by atoms with E-state index < -0.39 is 0 Å². The molecule has 1 saturated heterocycles. The third kappa shape index (κ3) is 2.60. The lowest BCUT2D eigenvalue weighted by atomic mass is 9.98. The van der Waals surface area contributed by atoms with Crippen molar-refractivity contribution in [3.8, 4) is 0 Å². The van der Waals surface area contributed by atoms with Crippen LogP contribution in [0.1, 0.15) is 39.2 Å². The van der Waals surface area contributed by atoms with Crippen LogP contribution in [0.5, 0.6) is 0 Å². The molecule has 0 spiro atoms. The summed E-state index contributed by atoms with van der Waals surface area (Å²) >= 11 is 0. The van der Waals surface area contributed by atoms with Crippen LogP contribution >= 0.6 is 0 Å². The van der Waals surface area contributed by atoms with Crippen LogP contribution in [0.4, 0.5) is 0 Å². The third-order valence-corrected chi connectivity index (χ3v) is 5.60. The number of nitrogens with zero attached hydrogens (tertiary/aromatic N) is 3. The van der Waals surface area contributed by atoms with Gasteiger partial charge in [0.15, 0.2) is 0 Å². The summed E-state index contributed by atoms with van der Waals surface area (Å²) in [5, 5.41) is 8.24. The minimum absolute atomic E-state index is 0.110. The number of likely N-dealkylation sites (tertiary alicyclic amines) is 1. The molecule has 136 valence electrons. The highest BCUT2D eigenvalue weighted by atomic mass is 16.2. The molecule has 1 aromatic carbocycles. The SMILES string of the molecule is CCC(C(=O)N1CCC(C)CC1)n1c2ccccc2c2cn[nH]c(=O)c21. The Morgan fingerprint density at radius 1 is 1.27 bits per heavy atom. The van der Waals surface area contributed by atoms with Crippen LogP contribution in [0.3, 0.4) is 0 Å². The van der Waals surface area contributed by atoms with Crippen molar-refractivity contribution in [2.24, 2.45) is 5.92 Å². The minimum atomic E-state index is -0.380. The van der Waals surface area contributed by atoms with Gasteiger partial charge in [-0.05, 0) is 31.2 Å². The van der Waals surface area contributed by atoms with E-state index in [2.05, 4.69) is 17.1 Å². The molecule has 1 aliphatic heterocycles. The van der Waals surface area contributed by atoms with E-state index in [1.807, 2.05) is 40.7 Å². The monoisotopic (exact) mass is 352 g/mol. The quantitative estimate of drug-likeness (QED) is 0.787. The van der Waals surface area contributed by atoms with Crippen LogP contribution in [0.2, 0.25) is 0 Å². The molecule has 6 heteroatoms. The van der Waals surface area contributed by atoms with Gasteiger partial charge in [0.25, 0.3) is 5.56 Å². The van der Waals surface area contributed by atoms with E-state index in [9.17, 15) is 9.59 Å². The summed E-state index contributed by atoms with van der Waals surface area (Å²) in [5.41, 5.74) is 1.19. The second-order valence-corrected chi connectivity index (χ2v) is 7.28. The first-order chi connectivity index (χ1) is 12.6. The summed E-state index contributed by atoms with van der Waals surface area (Å²) in [6.07, 6.45) is 4.40. The number of aromatic nitrogens is 3. The smallest absolute Gasteiger partial charge is 0.288 e. The Labute approximate surface area is 151 Å². The van der Waals surface area contributed by atoms with Crippen LogP contribution in [0, 0.1) is 5.92 Å². The molecule has 0 radical (unpaired) electrons. The number of rotatable bonds is 3. The number of amides is 1. The second-order valence-electron chi connectivity index (χ2n) is 7.28. The van der Waals surface area contributed by atoms with Gasteiger partial charge in [-0.1, -0.05) is 32.0 Å². The first-order valence-corrected chi connectivity index (χ1v) is 9.37. The fourth-order valence-electron chi connectivity index (χ4n) is 4.09. The number of H-pyrrole nitrogens is 1. The van der Waals surface area contributed by atoms with E-state index in [0.717, 1.165) is 42.2 Å². The Morgan fingerprint density at radius 3 is 2.73 bits per heavy atom. The number of carbonyl (C=O) groups excluding carboxylic acids is 1. The number of aromatic amines is 1. The van der Waals surface area contributed by atoms with Gasteiger partial charge in [-0.2, -0.15) is 5.10 Å². The Kier molecular flexibility index (Phi) is 4.26. The molecular weight excluding hydrogens is 328 g/mol. The molecule has 0 saturated carbocycles. The van der Waals surface area contributed by atoms with Crippen LogP contribution < -0.4 is 5.56 Å². The average molecular weight is 352 g/mol. The molecular formula is C20H24N4O2. The molecule has 1 fully saturated rings. The molecule has 0 bridgehead atoms. The van der Waals surface area contributed by atoms with E-state index in [4.69, 9.17) is 0 Å². The van der Waals surface area contributed by atoms with E-state index in [-0.39, 0.29) is 17.5 Å². The zero-order chi connectivity index (χ0) is 18.3. The third-order valence-electron chi connectivity index (χ3n) is 5.60. The maximum absolute atomic E-state index is 13.3. The lowest BCUT2D eigenvalue weighted by Crippen LogP contribution is -2.42. The van der Waals surface area contributed by atoms with Crippen LogP contribution in [-0.2, 0) is 4.79 Å². The Hall–Kier alpha value is -2.63. The van der Waals surface area contributed by atoms with Gasteiger partial charge < -0.3 is 9.47 Å². The molecule has 1 amide bonds. The molecule has 4 rings (SSSR count). The average Bonchev–Trinajstić information content (AvgIpc) is 2.99. The molecule has 1 unspecified atom stereocenters. The number of hydrogen-bond donors (Lipinski definition) is 1. The molecule has 3 heterocycles. The maximum Gasteiger partial charge on any atom is 0.288 e. The number of hydrogen-bond acceptors (Lipinski definition) is 3. The van der Waals surface area contributed by atoms with Gasteiger partial charge in [0.2, 0.25) is 5.91 Å². The van der Waals surface area contributed by atoms with E-state index in [0.29, 0.717) is 17.9 Å². The van der Waals surface area contributed by atoms with Gasteiger partial charge in [-0.15, -0.1) is 0 Å². The van der Waals surface area contributed by atoms with Crippen molar-refractivity contribution in [1.82, 2.24) is 19.7 Å². The summed E-state index contributed by atoms with van der Waals surface area (Å²) in [7, 11) is 0. The van der Waals surface area contributed by atoms with Crippen molar-refractivity contribution in [3.63, 3.8) is 0 Å². The van der Waals surface area contributed by atoms with Crippen molar-refractivity contribution >= 4 is 27.7 Å². The highest BCUT2D eigenvalue weighted by molar-refractivity contribution is 6.08. The molecule has 2 aromatic heterocycles. The second kappa shape index (κ2) is 6.59. The zero-order valence-corrected chi connectivity index (χ0v) is 15.2. The molecule has 0 aliphatic carbocycles. The van der Waals surface area contributed by atoms with E-state index in [1.165, 1.54) is 0 Å². The predicted octanol–water partition coefficient (Wildman–Crippen LogP) is 3.09. The lowest BCUT2D eigenvalue weighted by molar-refractivity contribution is -0.136. The summed E-state index contributed by atoms with van der Waals surface area (Å²) in [4.78, 5) is 27.8. The summed E-state index contributed by atoms with van der Waals surface area (Å²) in [5.74, 6) is 0.777. The Balaban J connectivity index is 1.88. The predicted molar refractivity (Wildman–Crippen MR) is 102 cm³/mol. The normalized spacial score (nSPS) is 17.1. The van der Waals surface area contributed by atoms with Crippen LogP contribution in [0.15, 0.2) is 35.3 Å². The number of para-hydroxylation sites is 1. The summed E-state index contributed by atoms with van der Waals surface area (Å²) in [6.45, 7) is 5.83. The molecule has 26 heavy (non-hydrogen) atoms. The molecule has 1 aliphatic rings. The van der Waals surface area contributed by atoms with Crippen LogP contribution in [-0.4, -0.2) is 38.7 Å². The van der Waals surface area contributed by atoms with E-state index in [1.54, 1.807) is 6.20 Å². The van der Waals surface area contributed by atoms with Gasteiger partial charge in [0.05, 0.1) is 11.7 Å². The molecule has 1 N–H and O–H groups in total.